The maximum atomic E-state index is 11.9. The topological polar surface area (TPSA) is 37.8 Å². The van der Waals surface area contributed by atoms with Gasteiger partial charge in [-0.05, 0) is 0 Å². The average molecular weight is 233 g/mol. The number of nitrogens with zero attached hydrogens (tertiary/aromatic N) is 2. The quantitative estimate of drug-likeness (QED) is 0.815. The summed E-state index contributed by atoms with van der Waals surface area (Å²) >= 11 is 0.398. The van der Waals surface area contributed by atoms with Crippen LogP contribution in [0.1, 0.15) is 11.4 Å². The SMILES string of the molecule is FC(F)c1nnc(NCC(F)(F)F)s1. The molecule has 0 fully saturated rings. The highest BCUT2D eigenvalue weighted by molar-refractivity contribution is 7.15. The first-order valence-corrected chi connectivity index (χ1v) is 4.12. The lowest BCUT2D eigenvalue weighted by Crippen LogP contribution is -2.21. The second-order valence-corrected chi connectivity index (χ2v) is 3.22. The van der Waals surface area contributed by atoms with Gasteiger partial charge in [0.05, 0.1) is 0 Å². The molecule has 80 valence electrons. The van der Waals surface area contributed by atoms with E-state index in [1.807, 2.05) is 5.32 Å². The summed E-state index contributed by atoms with van der Waals surface area (Å²) in [6.45, 7) is -1.31. The Morgan fingerprint density at radius 2 is 1.93 bits per heavy atom. The molecule has 1 aromatic rings. The molecule has 0 radical (unpaired) electrons. The fourth-order valence-corrected chi connectivity index (χ4v) is 1.16. The van der Waals surface area contributed by atoms with Crippen LogP contribution in [0.3, 0.4) is 0 Å². The monoisotopic (exact) mass is 233 g/mol. The van der Waals surface area contributed by atoms with Gasteiger partial charge in [-0.3, -0.25) is 0 Å². The molecule has 0 amide bonds. The first kappa shape index (κ1) is 11.1. The lowest BCUT2D eigenvalue weighted by molar-refractivity contribution is -0.115. The molecule has 0 spiro atoms. The summed E-state index contributed by atoms with van der Waals surface area (Å²) in [5, 5.41) is 7.10. The molecule has 1 aromatic heterocycles. The van der Waals surface area contributed by atoms with Gasteiger partial charge in [-0.25, -0.2) is 8.78 Å². The summed E-state index contributed by atoms with van der Waals surface area (Å²) in [6, 6.07) is 0. The van der Waals surface area contributed by atoms with Crippen LogP contribution in [-0.4, -0.2) is 22.9 Å². The zero-order valence-corrected chi connectivity index (χ0v) is 7.29. The van der Waals surface area contributed by atoms with Gasteiger partial charge < -0.3 is 5.32 Å². The van der Waals surface area contributed by atoms with E-state index in [4.69, 9.17) is 0 Å². The third-order valence-electron chi connectivity index (χ3n) is 1.07. The smallest absolute Gasteiger partial charge is 0.351 e. The van der Waals surface area contributed by atoms with Crippen LogP contribution in [0.15, 0.2) is 0 Å². The number of hydrogen-bond acceptors (Lipinski definition) is 4. The molecule has 1 N–H and O–H groups in total. The van der Waals surface area contributed by atoms with Gasteiger partial charge in [0.1, 0.15) is 6.54 Å². The summed E-state index contributed by atoms with van der Waals surface area (Å²) in [5.74, 6) is 0. The van der Waals surface area contributed by atoms with Gasteiger partial charge in [0.2, 0.25) is 5.13 Å². The molecule has 0 unspecified atom stereocenters. The summed E-state index contributed by atoms with van der Waals surface area (Å²) < 4.78 is 58.8. The van der Waals surface area contributed by atoms with Gasteiger partial charge >= 0.3 is 6.18 Å². The van der Waals surface area contributed by atoms with E-state index in [1.165, 1.54) is 0 Å². The Hall–Kier alpha value is -0.990. The molecule has 0 atom stereocenters. The lowest BCUT2D eigenvalue weighted by Gasteiger charge is -2.05. The van der Waals surface area contributed by atoms with Crippen LogP contribution in [0.2, 0.25) is 0 Å². The van der Waals surface area contributed by atoms with Crippen LogP contribution in [0.4, 0.5) is 27.1 Å². The fourth-order valence-electron chi connectivity index (χ4n) is 0.570. The number of aromatic nitrogens is 2. The van der Waals surface area contributed by atoms with Gasteiger partial charge in [0.15, 0.2) is 5.01 Å². The summed E-state index contributed by atoms with van der Waals surface area (Å²) in [7, 11) is 0. The van der Waals surface area contributed by atoms with Gasteiger partial charge in [-0.1, -0.05) is 11.3 Å². The highest BCUT2D eigenvalue weighted by Gasteiger charge is 2.27. The molecule has 1 heterocycles. The van der Waals surface area contributed by atoms with E-state index in [1.54, 1.807) is 0 Å². The van der Waals surface area contributed by atoms with Crippen molar-refractivity contribution in [3.05, 3.63) is 5.01 Å². The average Bonchev–Trinajstić information content (AvgIpc) is 2.47. The number of hydrogen-bond donors (Lipinski definition) is 1. The number of nitrogens with one attached hydrogen (secondary N) is 1. The molecule has 1 rings (SSSR count). The molecule has 0 aliphatic heterocycles. The Morgan fingerprint density at radius 1 is 1.29 bits per heavy atom. The Labute approximate surface area is 79.0 Å². The zero-order chi connectivity index (χ0) is 10.8. The Kier molecular flexibility index (Phi) is 3.19. The molecule has 0 aromatic carbocycles. The zero-order valence-electron chi connectivity index (χ0n) is 6.48. The number of anilines is 1. The van der Waals surface area contributed by atoms with Crippen LogP contribution in [0.5, 0.6) is 0 Å². The van der Waals surface area contributed by atoms with Crippen molar-refractivity contribution < 1.29 is 22.0 Å². The van der Waals surface area contributed by atoms with E-state index in [0.29, 0.717) is 11.3 Å². The van der Waals surface area contributed by atoms with Crippen molar-refractivity contribution in [3.8, 4) is 0 Å². The van der Waals surface area contributed by atoms with Crippen LogP contribution in [0.25, 0.3) is 0 Å². The predicted molar refractivity (Wildman–Crippen MR) is 39.4 cm³/mol. The van der Waals surface area contributed by atoms with Crippen LogP contribution in [0, 0.1) is 0 Å². The highest BCUT2D eigenvalue weighted by atomic mass is 32.1. The molecule has 14 heavy (non-hydrogen) atoms. The van der Waals surface area contributed by atoms with Crippen molar-refractivity contribution in [2.45, 2.75) is 12.6 Å². The van der Waals surface area contributed by atoms with Crippen LogP contribution < -0.4 is 5.32 Å². The summed E-state index contributed by atoms with van der Waals surface area (Å²) in [5.41, 5.74) is 0. The second-order valence-electron chi connectivity index (χ2n) is 2.21. The molecular weight excluding hydrogens is 229 g/mol. The molecule has 0 saturated heterocycles. The van der Waals surface area contributed by atoms with E-state index in [9.17, 15) is 22.0 Å². The second kappa shape index (κ2) is 4.03. The first-order valence-electron chi connectivity index (χ1n) is 3.30. The van der Waals surface area contributed by atoms with Crippen LogP contribution >= 0.6 is 11.3 Å². The largest absolute Gasteiger partial charge is 0.405 e. The molecule has 0 aliphatic rings. The Bertz CT molecular complexity index is 296. The lowest BCUT2D eigenvalue weighted by atomic mass is 10.6. The molecule has 0 saturated carbocycles. The van der Waals surface area contributed by atoms with E-state index < -0.39 is 24.2 Å². The van der Waals surface area contributed by atoms with Gasteiger partial charge in [0.25, 0.3) is 6.43 Å². The minimum absolute atomic E-state index is 0.266. The Morgan fingerprint density at radius 3 is 2.36 bits per heavy atom. The van der Waals surface area contributed by atoms with Crippen molar-refractivity contribution in [2.75, 3.05) is 11.9 Å². The predicted octanol–water partition coefficient (Wildman–Crippen LogP) is 2.45. The van der Waals surface area contributed by atoms with E-state index in [2.05, 4.69) is 10.2 Å². The molecule has 0 bridgehead atoms. The maximum Gasteiger partial charge on any atom is 0.405 e. The standard InChI is InChI=1S/C5H4F5N3S/c6-2(7)3-12-13-4(14-3)11-1-5(8,9)10/h2H,1H2,(H,11,13). The molecule has 0 aliphatic carbocycles. The van der Waals surface area contributed by atoms with E-state index >= 15 is 0 Å². The van der Waals surface area contributed by atoms with Gasteiger partial charge in [-0.2, -0.15) is 13.2 Å². The minimum atomic E-state index is -4.41. The van der Waals surface area contributed by atoms with E-state index in [-0.39, 0.29) is 5.13 Å². The Balaban J connectivity index is 2.52. The van der Waals surface area contributed by atoms with Crippen LogP contribution in [-0.2, 0) is 0 Å². The summed E-state index contributed by atoms with van der Waals surface area (Å²) in [4.78, 5) is 0. The fraction of sp³-hybridized carbons (Fsp3) is 0.600. The van der Waals surface area contributed by atoms with Gasteiger partial charge in [-0.15, -0.1) is 10.2 Å². The molecular formula is C5H4F5N3S. The third kappa shape index (κ3) is 3.40. The van der Waals surface area contributed by atoms with Crippen molar-refractivity contribution in [1.82, 2.24) is 10.2 Å². The number of halogens is 5. The minimum Gasteiger partial charge on any atom is -0.351 e. The number of rotatable bonds is 3. The third-order valence-corrected chi connectivity index (χ3v) is 1.96. The maximum absolute atomic E-state index is 11.9. The van der Waals surface area contributed by atoms with E-state index in [0.717, 1.165) is 0 Å². The van der Waals surface area contributed by atoms with Crippen molar-refractivity contribution in [3.63, 3.8) is 0 Å². The van der Waals surface area contributed by atoms with Crippen molar-refractivity contribution in [2.24, 2.45) is 0 Å². The highest BCUT2D eigenvalue weighted by Crippen LogP contribution is 2.25. The normalized spacial score (nSPS) is 12.1. The van der Waals surface area contributed by atoms with Crippen molar-refractivity contribution in [1.29, 1.82) is 0 Å². The molecule has 3 nitrogen and oxygen atoms in total. The number of alkyl halides is 5. The first-order chi connectivity index (χ1) is 6.38. The van der Waals surface area contributed by atoms with Crippen molar-refractivity contribution >= 4 is 16.5 Å². The van der Waals surface area contributed by atoms with Gasteiger partial charge in [0, 0.05) is 0 Å². The molecule has 9 heteroatoms. The summed E-state index contributed by atoms with van der Waals surface area (Å²) in [6.07, 6.45) is -7.22.